The topological polar surface area (TPSA) is 1190 Å². The number of carboxylic acid groups (broad SMARTS) is 12. The van der Waals surface area contributed by atoms with E-state index < -0.39 is 151 Å². The largest absolute Gasteiger partial charge is 0.780 e. The van der Waals surface area contributed by atoms with Gasteiger partial charge in [0.2, 0.25) is 11.8 Å². The summed E-state index contributed by atoms with van der Waals surface area (Å²) in [6.07, 6.45) is 15.1. The lowest BCUT2D eigenvalue weighted by Crippen LogP contribution is -2.42. The Morgan fingerprint density at radius 1 is 0.476 bits per heavy atom. The van der Waals surface area contributed by atoms with Crippen LogP contribution < -0.4 is 145 Å². The Bertz CT molecular complexity index is 3840. The van der Waals surface area contributed by atoms with E-state index in [9.17, 15) is 167 Å². The van der Waals surface area contributed by atoms with Crippen molar-refractivity contribution in [2.45, 2.75) is 385 Å². The number of aliphatic hydroxyl groups is 2. The maximum atomic E-state index is 11.2. The number of ketones is 3. The maximum absolute atomic E-state index is 11.2. The van der Waals surface area contributed by atoms with Crippen LogP contribution >= 0.6 is 7.82 Å². The highest BCUT2D eigenvalue weighted by Crippen LogP contribution is 2.25. The zero-order valence-corrected chi connectivity index (χ0v) is 85.0. The summed E-state index contributed by atoms with van der Waals surface area (Å²) in [6, 6.07) is -3.40. The van der Waals surface area contributed by atoms with Crippen molar-refractivity contribution in [2.24, 2.45) is 78.0 Å². The standard InChI is InChI=1S/C11H20N2O5.C11H17NO6.2C7H16N2O2.C7H13NO4.C7H11NO3.C7H11NO2.C7H9NO2.C6H16N2.C4H10NO5P.C4H9NO2.C4H9NO.C3H4O3.CO2.3H2O/c1-7(3-2-4-8(12)11(17)18)13-9(14)5-6-10(15)16;1-7(3-2-4-8(13)11(17)18)12-9(14)5-6-10(15)16;2*1-5(8)3-2-4-6(9)7(10)11;1-4(8)2-5(9)3-6(10)7(11)12;1-4-2-5(9)3-6(8-4)7(10)11;2*1-5-3-2-4-6(8-5)7(9)10;1-6(8)4-2-3-5-7;1-3(5)2-4(6)10-11(7,8)9;1-3(5)2-4(6)7;1-4(5)2-3-6;1-2(4)3(5)6;2-1-3;;;/h7-8H,2-6,12H2,1H3,(H,13,14)(H,15,16)(H,17,18);7H,2-6H2,1H3,(H,12,14)(H,15,16)(H,17,18);2*5-6H,2-4,8-9H2,1H3,(H,10,11);4-5,9H,2-3,8H2,1H3,(H,11,12);4-5,9H,2-3H2,1H3,(H,10,11);5H,2-4H2,1H3,(H,9,10);2,4-5H,3H2,1H3,(H,9,10);6H,2-5,7-8H2,1H3;3H,2,5H2,1H3,(H2,7,8,9);3H,2,5H2,1H3,(H,6,7);3-4H,2,5H2,1H3;1H3,(H,5,6);;3*1H2/p-14/t7-,8+;7-;2*5-,6+;2*4-,5-;2*5-;6-;2*3-;4-;;;;;/m111111111111...../s1. The number of nitrogens with zero attached hydrogens (tertiary/aromatic N) is 3. The monoisotopic (exact) mass is 2110 g/mol. The first-order chi connectivity index (χ1) is 65.2. The van der Waals surface area contributed by atoms with E-state index in [0.29, 0.717) is 63.8 Å². The van der Waals surface area contributed by atoms with Gasteiger partial charge in [0, 0.05) is 154 Å². The van der Waals surface area contributed by atoms with Gasteiger partial charge in [-0.25, -0.2) is 0 Å². The summed E-state index contributed by atoms with van der Waals surface area (Å²) in [5, 5.41) is 144. The molecule has 32 N–H and O–H groups in total. The molecule has 0 saturated heterocycles. The number of dihydropyridines is 1. The van der Waals surface area contributed by atoms with Crippen molar-refractivity contribution in [3.63, 3.8) is 0 Å². The Kier molecular flexibility index (Phi) is 116. The molecule has 0 spiro atoms. The zero-order chi connectivity index (χ0) is 113. The molecular weight excluding hydrogens is 1960 g/mol. The van der Waals surface area contributed by atoms with Crippen molar-refractivity contribution in [3.8, 4) is 0 Å². The molecule has 0 aliphatic carbocycles. The van der Waals surface area contributed by atoms with Crippen LogP contribution in [0.15, 0.2) is 27.1 Å². The fourth-order valence-electron chi connectivity index (χ4n) is 9.67. The quantitative estimate of drug-likeness (QED) is 0.0116. The third-order valence-electron chi connectivity index (χ3n) is 16.6. The number of nitrogens with one attached hydrogen (secondary N) is 2. The highest BCUT2D eigenvalue weighted by molar-refractivity contribution is 7.43. The van der Waals surface area contributed by atoms with Gasteiger partial charge in [-0.05, 0) is 231 Å². The Morgan fingerprint density at radius 2 is 0.855 bits per heavy atom. The molecule has 0 radical (unpaired) electrons. The average molecular weight is 2110 g/mol. The van der Waals surface area contributed by atoms with E-state index in [1.165, 1.54) is 19.4 Å². The van der Waals surface area contributed by atoms with Gasteiger partial charge in [-0.15, -0.1) is 0 Å². The van der Waals surface area contributed by atoms with Crippen molar-refractivity contribution < 1.29 is 207 Å². The molecule has 3 heterocycles. The fraction of sp³-hybridized carbons (Fsp3) is 0.709. The van der Waals surface area contributed by atoms with Gasteiger partial charge in [0.05, 0.1) is 77.6 Å². The molecule has 3 aliphatic heterocycles. The summed E-state index contributed by atoms with van der Waals surface area (Å²) in [4.78, 5) is 241. The predicted octanol–water partition coefficient (Wildman–Crippen LogP) is -20.0. The number of aliphatic hydroxyl groups excluding tert-OH is 2. The van der Waals surface area contributed by atoms with Crippen molar-refractivity contribution in [1.29, 1.82) is 0 Å². The highest BCUT2D eigenvalue weighted by atomic mass is 31.2. The molecule has 0 unspecified atom stereocenters. The minimum Gasteiger partial charge on any atom is -0.780 e. The summed E-state index contributed by atoms with van der Waals surface area (Å²) in [6.45, 7) is 23.1. The Morgan fingerprint density at radius 3 is 1.12 bits per heavy atom. The third-order valence-corrected chi connectivity index (χ3v) is 17.0. The minimum atomic E-state index is -5.18. The van der Waals surface area contributed by atoms with E-state index in [1.54, 1.807) is 47.6 Å². The molecule has 0 aromatic heterocycles. The summed E-state index contributed by atoms with van der Waals surface area (Å²) < 4.78 is 13.3. The molecule has 3 rings (SSSR count). The molecule has 0 aromatic carbocycles. The lowest BCUT2D eigenvalue weighted by molar-refractivity contribution is -0.338. The predicted molar refractivity (Wildman–Crippen MR) is 490 cm³/mol. The normalized spacial score (nSPS) is 16.0. The molecule has 2 amide bonds. The smallest absolute Gasteiger partial charge is 0.373 e. The second-order valence-corrected chi connectivity index (χ2v) is 33.6. The molecule has 0 aromatic rings. The molecule has 3 aliphatic rings. The number of carboxylic acids is 12. The average Bonchev–Trinajstić information content (AvgIpc) is 0.886. The van der Waals surface area contributed by atoms with Gasteiger partial charge in [-0.3, -0.25) is 43.7 Å². The Balaban J connectivity index is -0.000000108. The van der Waals surface area contributed by atoms with Gasteiger partial charge >= 0.3 is 12.1 Å². The Labute approximate surface area is 841 Å². The number of carbonyl (C=O) groups excluding carboxylic acids is 21. The van der Waals surface area contributed by atoms with Crippen molar-refractivity contribution in [3.05, 3.63) is 12.2 Å². The van der Waals surface area contributed by atoms with Crippen molar-refractivity contribution in [2.75, 3.05) is 6.54 Å². The van der Waals surface area contributed by atoms with E-state index in [2.05, 4.69) is 30.1 Å². The fourth-order valence-corrected chi connectivity index (χ4v) is 9.99. The summed E-state index contributed by atoms with van der Waals surface area (Å²) in [7, 11) is -5.18. The van der Waals surface area contributed by atoms with Gasteiger partial charge in [0.25, 0.3) is 0 Å². The third kappa shape index (κ3) is 139. The molecule has 17 atom stereocenters. The Hall–Kier alpha value is -11.6. The number of Topliss-reactive ketones (excluding diaryl/α,β-unsaturated/α-hetero) is 3. The number of unbranched alkanes of at least 4 members (excludes halogenated alkanes) is 1. The van der Waals surface area contributed by atoms with Gasteiger partial charge in [0.15, 0.2) is 17.3 Å². The lowest BCUT2D eigenvalue weighted by Gasteiger charge is -2.27. The number of hydrogen-bond acceptors (Lipinski definition) is 53. The van der Waals surface area contributed by atoms with E-state index in [4.69, 9.17) is 82.9 Å². The molecule has 59 heteroatoms. The van der Waals surface area contributed by atoms with Gasteiger partial charge < -0.3 is 243 Å². The number of rotatable bonds is 48. The number of aldehydes is 1. The van der Waals surface area contributed by atoms with Crippen LogP contribution in [-0.4, -0.2) is 272 Å². The molecule has 848 valence electrons. The first kappa shape index (κ1) is 164. The van der Waals surface area contributed by atoms with Crippen LogP contribution in [0.4, 0.5) is 0 Å². The lowest BCUT2D eigenvalue weighted by atomic mass is 10.0. The second-order valence-electron chi connectivity index (χ2n) is 32.5. The number of nitrogens with two attached hydrogens (primary N) is 11. The number of aliphatic carboxylic acids is 12. The molecule has 0 bridgehead atoms. The first-order valence-electron chi connectivity index (χ1n) is 44.5. The molecular formula is C86H153N16O42P-14. The second kappa shape index (κ2) is 102. The van der Waals surface area contributed by atoms with E-state index in [-0.39, 0.29) is 170 Å². The summed E-state index contributed by atoms with van der Waals surface area (Å²) in [5.74, 6) is -20.9. The summed E-state index contributed by atoms with van der Waals surface area (Å²) in [5.41, 5.74) is 58.3. The van der Waals surface area contributed by atoms with Gasteiger partial charge in [-0.1, -0.05) is 12.5 Å². The number of carbonyl (C=O) groups is 19. The van der Waals surface area contributed by atoms with Crippen LogP contribution in [0.25, 0.3) is 0 Å². The van der Waals surface area contributed by atoms with E-state index in [1.807, 2.05) is 34.6 Å². The number of aliphatic imine (C=N–C) groups is 3. The summed E-state index contributed by atoms with van der Waals surface area (Å²) >= 11 is 0. The van der Waals surface area contributed by atoms with Crippen molar-refractivity contribution in [1.82, 2.24) is 10.6 Å². The first-order valence-corrected chi connectivity index (χ1v) is 46.0. The van der Waals surface area contributed by atoms with Crippen LogP contribution in [0, 0.1) is 0 Å². The number of phosphoric acid groups is 1. The maximum Gasteiger partial charge on any atom is 0.373 e. The van der Waals surface area contributed by atoms with Gasteiger partial charge in [-0.2, -0.15) is 9.59 Å². The highest BCUT2D eigenvalue weighted by Gasteiger charge is 2.20. The van der Waals surface area contributed by atoms with Crippen molar-refractivity contribution >= 4 is 144 Å². The van der Waals surface area contributed by atoms with Crippen LogP contribution in [0.1, 0.15) is 283 Å². The number of hydrogen-bond donors (Lipinski definition) is 15. The molecule has 0 saturated carbocycles. The zero-order valence-electron chi connectivity index (χ0n) is 84.1. The minimum absolute atomic E-state index is 0. The van der Waals surface area contributed by atoms with Crippen LogP contribution in [-0.2, 0) is 110 Å². The van der Waals surface area contributed by atoms with E-state index >= 15 is 0 Å². The molecule has 0 fully saturated rings. The van der Waals surface area contributed by atoms with E-state index in [0.717, 1.165) is 77.5 Å². The SMILES string of the molecule is CC(=O)C(=O)[O-].C[C@@H](N)CC(=O)OP(=O)([O-])[O-].C[C@@H](N)CC(=O)[O-].C[C@@H](N)CC=O.C[C@@H](N)CCCCN.C[C@@H](N)CCC[C@H](N)C(=O)[O-].C[C@@H](N)CCC[C@H](N)C(=O)[O-].C[C@@H](N)C[C@@H](O)CC(=O)C(=O)[O-].C[C@@H]1CC=CC(C(=O)[O-])=N1.C[C@@H]1CCCC(C(=O)[O-])=N1.C[C@@H]1C[C@@H](O)CC(C(=O)[O-])=N1.C[C@H](CCCC(=O)C(=O)[O-])NC(=O)CCC(=O)[O-].C[C@H](CCC[C@H](N)C(=O)[O-])NC(=O)CCC(=O)[O-].O.O.O.O=C=O. The van der Waals surface area contributed by atoms with Crippen LogP contribution in [0.5, 0.6) is 0 Å². The molecule has 145 heavy (non-hydrogen) atoms. The molecule has 58 nitrogen and oxygen atoms in total. The number of phosphoric ester groups is 1. The van der Waals surface area contributed by atoms with Crippen LogP contribution in [0.2, 0.25) is 0 Å². The number of amides is 2. The van der Waals surface area contributed by atoms with Crippen LogP contribution in [0.3, 0.4) is 0 Å². The van der Waals surface area contributed by atoms with Gasteiger partial charge in [0.1, 0.15) is 32.0 Å².